The van der Waals surface area contributed by atoms with Crippen LogP contribution in [0.15, 0.2) is 24.3 Å². The number of nitrogens with zero attached hydrogens (tertiary/aromatic N) is 1. The highest BCUT2D eigenvalue weighted by molar-refractivity contribution is 6.31. The molecule has 3 rings (SSSR count). The fourth-order valence-electron chi connectivity index (χ4n) is 4.31. The molecule has 3 amide bonds. The Kier molecular flexibility index (Phi) is 10.4. The molecule has 1 aliphatic carbocycles. The summed E-state index contributed by atoms with van der Waals surface area (Å²) < 4.78 is 16.4. The Morgan fingerprint density at radius 2 is 1.85 bits per heavy atom. The third-order valence-electron chi connectivity index (χ3n) is 6.26. The van der Waals surface area contributed by atoms with Gasteiger partial charge in [0, 0.05) is 18.1 Å². The summed E-state index contributed by atoms with van der Waals surface area (Å²) in [4.78, 5) is 39.3. The number of primary amides is 1. The van der Waals surface area contributed by atoms with Crippen LogP contribution in [-0.2, 0) is 30.4 Å². The van der Waals surface area contributed by atoms with Crippen LogP contribution in [0.25, 0.3) is 0 Å². The van der Waals surface area contributed by atoms with Gasteiger partial charge >= 0.3 is 6.09 Å². The van der Waals surface area contributed by atoms with E-state index in [9.17, 15) is 14.4 Å². The fraction of sp³-hybridized carbons (Fsp3) is 0.625. The van der Waals surface area contributed by atoms with E-state index in [2.05, 4.69) is 5.32 Å². The summed E-state index contributed by atoms with van der Waals surface area (Å²) in [6.07, 6.45) is 4.12. The second kappa shape index (κ2) is 13.5. The summed E-state index contributed by atoms with van der Waals surface area (Å²) in [5.41, 5.74) is 6.20. The quantitative estimate of drug-likeness (QED) is 0.515. The van der Waals surface area contributed by atoms with Crippen molar-refractivity contribution in [2.24, 2.45) is 11.7 Å². The van der Waals surface area contributed by atoms with Crippen LogP contribution in [0.5, 0.6) is 0 Å². The highest BCUT2D eigenvalue weighted by Gasteiger charge is 2.33. The number of carbonyl (C=O) groups excluding carboxylic acids is 3. The highest BCUT2D eigenvalue weighted by Crippen LogP contribution is 2.29. The van der Waals surface area contributed by atoms with Gasteiger partial charge in [-0.25, -0.2) is 4.79 Å². The first-order valence-electron chi connectivity index (χ1n) is 11.9. The molecule has 2 atom stereocenters. The number of carbonyl (C=O) groups is 3. The van der Waals surface area contributed by atoms with Crippen molar-refractivity contribution in [2.75, 3.05) is 32.9 Å². The van der Waals surface area contributed by atoms with Crippen LogP contribution in [0.4, 0.5) is 4.79 Å². The van der Waals surface area contributed by atoms with E-state index >= 15 is 0 Å². The fourth-order valence-corrected chi connectivity index (χ4v) is 4.51. The lowest BCUT2D eigenvalue weighted by molar-refractivity contribution is -0.145. The van der Waals surface area contributed by atoms with Gasteiger partial charge in [0.1, 0.15) is 6.04 Å². The average molecular weight is 496 g/mol. The Morgan fingerprint density at radius 1 is 1.15 bits per heavy atom. The minimum Gasteiger partial charge on any atom is -0.436 e. The Morgan fingerprint density at radius 3 is 2.53 bits per heavy atom. The van der Waals surface area contributed by atoms with Crippen molar-refractivity contribution < 1.29 is 28.6 Å². The lowest BCUT2D eigenvalue weighted by Gasteiger charge is -2.32. The van der Waals surface area contributed by atoms with Crippen molar-refractivity contribution in [1.29, 1.82) is 0 Å². The lowest BCUT2D eigenvalue weighted by Crippen LogP contribution is -2.51. The molecule has 2 fully saturated rings. The van der Waals surface area contributed by atoms with Gasteiger partial charge in [-0.3, -0.25) is 9.59 Å². The van der Waals surface area contributed by atoms with Crippen molar-refractivity contribution >= 4 is 29.5 Å². The molecule has 0 aromatic heterocycles. The molecule has 1 aliphatic heterocycles. The van der Waals surface area contributed by atoms with Crippen molar-refractivity contribution in [2.45, 2.75) is 57.3 Å². The van der Waals surface area contributed by atoms with Crippen LogP contribution in [-0.4, -0.2) is 67.9 Å². The number of nitrogens with one attached hydrogen (secondary N) is 1. The number of benzene rings is 1. The maximum Gasteiger partial charge on any atom is 0.408 e. The molecule has 188 valence electrons. The average Bonchev–Trinajstić information content (AvgIpc) is 2.85. The Bertz CT molecular complexity index is 827. The zero-order valence-corrected chi connectivity index (χ0v) is 20.1. The number of nitrogens with two attached hydrogens (primary N) is 1. The van der Waals surface area contributed by atoms with E-state index in [4.69, 9.17) is 31.5 Å². The Hall–Kier alpha value is -2.36. The van der Waals surface area contributed by atoms with Gasteiger partial charge in [0.05, 0.1) is 26.4 Å². The SMILES string of the molecule is NC(=O)[C@H](COCc1ccccc1Cl)NC(=O)O[C@@H](CC1CCCCC1)C(=O)N1CCOCC1. The van der Waals surface area contributed by atoms with Crippen LogP contribution in [0.1, 0.15) is 44.1 Å². The van der Waals surface area contributed by atoms with Gasteiger partial charge in [-0.2, -0.15) is 0 Å². The van der Waals surface area contributed by atoms with E-state index in [1.807, 2.05) is 6.07 Å². The molecule has 3 N–H and O–H groups in total. The zero-order chi connectivity index (χ0) is 24.3. The summed E-state index contributed by atoms with van der Waals surface area (Å²) in [7, 11) is 0. The molecular formula is C24H34ClN3O6. The highest BCUT2D eigenvalue weighted by atomic mass is 35.5. The lowest BCUT2D eigenvalue weighted by atomic mass is 9.85. The topological polar surface area (TPSA) is 120 Å². The maximum absolute atomic E-state index is 13.1. The minimum atomic E-state index is -1.11. The number of rotatable bonds is 10. The van der Waals surface area contributed by atoms with Gasteiger partial charge in [-0.15, -0.1) is 0 Å². The van der Waals surface area contributed by atoms with Gasteiger partial charge in [0.15, 0.2) is 6.10 Å². The molecule has 0 spiro atoms. The van der Waals surface area contributed by atoms with Gasteiger partial charge in [-0.05, 0) is 24.0 Å². The summed E-state index contributed by atoms with van der Waals surface area (Å²) in [6, 6.07) is 6.06. The smallest absolute Gasteiger partial charge is 0.408 e. The number of alkyl carbamates (subject to hydrolysis) is 1. The van der Waals surface area contributed by atoms with Crippen LogP contribution in [0.2, 0.25) is 5.02 Å². The largest absolute Gasteiger partial charge is 0.436 e. The van der Waals surface area contributed by atoms with E-state index < -0.39 is 24.1 Å². The minimum absolute atomic E-state index is 0.152. The van der Waals surface area contributed by atoms with E-state index in [0.29, 0.717) is 43.7 Å². The number of amides is 3. The van der Waals surface area contributed by atoms with E-state index in [-0.39, 0.29) is 19.1 Å². The predicted molar refractivity (Wildman–Crippen MR) is 126 cm³/mol. The van der Waals surface area contributed by atoms with Crippen LogP contribution in [0, 0.1) is 5.92 Å². The molecule has 1 saturated heterocycles. The van der Waals surface area contributed by atoms with Gasteiger partial charge in [0.25, 0.3) is 5.91 Å². The number of halogens is 1. The standard InChI is InChI=1S/C24H34ClN3O6/c25-19-9-5-4-8-18(19)15-33-16-20(22(26)29)27-24(31)34-21(14-17-6-2-1-3-7-17)23(30)28-10-12-32-13-11-28/h4-5,8-9,17,20-21H,1-3,6-7,10-16H2,(H2,26,29)(H,27,31)/t20-,21-/m0/s1. The first kappa shape index (κ1) is 26.2. The van der Waals surface area contributed by atoms with Crippen molar-refractivity contribution in [1.82, 2.24) is 10.2 Å². The molecular weight excluding hydrogens is 462 g/mol. The zero-order valence-electron chi connectivity index (χ0n) is 19.4. The molecule has 10 heteroatoms. The molecule has 0 radical (unpaired) electrons. The molecule has 0 unspecified atom stereocenters. The van der Waals surface area contributed by atoms with Crippen LogP contribution in [0.3, 0.4) is 0 Å². The van der Waals surface area contributed by atoms with Gasteiger partial charge < -0.3 is 30.2 Å². The molecule has 9 nitrogen and oxygen atoms in total. The third-order valence-corrected chi connectivity index (χ3v) is 6.62. The van der Waals surface area contributed by atoms with Crippen molar-refractivity contribution in [3.63, 3.8) is 0 Å². The summed E-state index contributed by atoms with van der Waals surface area (Å²) in [5.74, 6) is -0.670. The number of hydrogen-bond donors (Lipinski definition) is 2. The molecule has 34 heavy (non-hydrogen) atoms. The summed E-state index contributed by atoms with van der Waals surface area (Å²) >= 11 is 6.11. The molecule has 2 aliphatic rings. The van der Waals surface area contributed by atoms with Crippen molar-refractivity contribution in [3.05, 3.63) is 34.9 Å². The molecule has 1 aromatic carbocycles. The third kappa shape index (κ3) is 8.14. The first-order valence-corrected chi connectivity index (χ1v) is 12.3. The van der Waals surface area contributed by atoms with Crippen LogP contribution >= 0.6 is 11.6 Å². The molecule has 1 saturated carbocycles. The molecule has 1 heterocycles. The van der Waals surface area contributed by atoms with E-state index in [0.717, 1.165) is 31.2 Å². The van der Waals surface area contributed by atoms with Gasteiger partial charge in [0.2, 0.25) is 5.91 Å². The second-order valence-electron chi connectivity index (χ2n) is 8.78. The second-order valence-corrected chi connectivity index (χ2v) is 9.18. The monoisotopic (exact) mass is 495 g/mol. The predicted octanol–water partition coefficient (Wildman–Crippen LogP) is 2.63. The summed E-state index contributed by atoms with van der Waals surface area (Å²) in [6.45, 7) is 1.84. The van der Waals surface area contributed by atoms with E-state index in [1.54, 1.807) is 23.1 Å². The number of hydrogen-bond acceptors (Lipinski definition) is 6. The van der Waals surface area contributed by atoms with E-state index in [1.165, 1.54) is 6.42 Å². The van der Waals surface area contributed by atoms with Crippen molar-refractivity contribution in [3.8, 4) is 0 Å². The number of ether oxygens (including phenoxy) is 3. The Balaban J connectivity index is 1.56. The van der Waals surface area contributed by atoms with Crippen LogP contribution < -0.4 is 11.1 Å². The van der Waals surface area contributed by atoms with Gasteiger partial charge in [-0.1, -0.05) is 61.9 Å². The normalized spacial score (nSPS) is 18.7. The molecule has 0 bridgehead atoms. The molecule has 1 aromatic rings. The number of morpholine rings is 1. The summed E-state index contributed by atoms with van der Waals surface area (Å²) in [5, 5.41) is 2.99. The Labute approximate surface area is 205 Å². The maximum atomic E-state index is 13.1. The first-order chi connectivity index (χ1) is 16.4.